The first-order valence-electron chi connectivity index (χ1n) is 8.00. The minimum Gasteiger partial charge on any atom is -0.494 e. The summed E-state index contributed by atoms with van der Waals surface area (Å²) in [6.45, 7) is 6.84. The normalized spacial score (nSPS) is 23.9. The SMILES string of the molecule is CCOc1cc2c(cc1CNCC1CCSC1)OC(C)C2. The molecule has 1 saturated heterocycles. The summed E-state index contributed by atoms with van der Waals surface area (Å²) < 4.78 is 11.7. The molecule has 1 N–H and O–H groups in total. The van der Waals surface area contributed by atoms with E-state index in [0.29, 0.717) is 6.61 Å². The molecule has 0 bridgehead atoms. The molecule has 2 aliphatic rings. The second-order valence-electron chi connectivity index (χ2n) is 5.99. The van der Waals surface area contributed by atoms with Crippen LogP contribution in [0.1, 0.15) is 31.4 Å². The fourth-order valence-electron chi connectivity index (χ4n) is 3.06. The van der Waals surface area contributed by atoms with E-state index in [0.717, 1.165) is 36.9 Å². The fourth-order valence-corrected chi connectivity index (χ4v) is 4.35. The van der Waals surface area contributed by atoms with Gasteiger partial charge in [0, 0.05) is 24.1 Å². The maximum atomic E-state index is 5.87. The van der Waals surface area contributed by atoms with Gasteiger partial charge in [-0.15, -0.1) is 0 Å². The van der Waals surface area contributed by atoms with Gasteiger partial charge in [0.2, 0.25) is 0 Å². The first kappa shape index (κ1) is 15.0. The van der Waals surface area contributed by atoms with E-state index in [-0.39, 0.29) is 6.10 Å². The predicted octanol–water partition coefficient (Wildman–Crippen LogP) is 3.25. The standard InChI is InChI=1S/C17H25NO2S/c1-3-19-16-7-14-6-12(2)20-17(14)8-15(16)10-18-9-13-4-5-21-11-13/h7-8,12-13,18H,3-6,9-11H2,1-2H3. The second kappa shape index (κ2) is 6.93. The smallest absolute Gasteiger partial charge is 0.124 e. The van der Waals surface area contributed by atoms with Crippen LogP contribution in [0.15, 0.2) is 12.1 Å². The number of nitrogens with one attached hydrogen (secondary N) is 1. The summed E-state index contributed by atoms with van der Waals surface area (Å²) in [6.07, 6.45) is 2.62. The molecule has 1 aromatic rings. The van der Waals surface area contributed by atoms with Gasteiger partial charge in [-0.3, -0.25) is 0 Å². The highest BCUT2D eigenvalue weighted by Gasteiger charge is 2.22. The molecule has 0 amide bonds. The van der Waals surface area contributed by atoms with Crippen LogP contribution in [0.3, 0.4) is 0 Å². The largest absolute Gasteiger partial charge is 0.494 e. The Morgan fingerprint density at radius 3 is 3.10 bits per heavy atom. The van der Waals surface area contributed by atoms with Gasteiger partial charge in [-0.2, -0.15) is 11.8 Å². The van der Waals surface area contributed by atoms with E-state index in [1.54, 1.807) is 0 Å². The molecule has 4 heteroatoms. The number of hydrogen-bond donors (Lipinski definition) is 1. The molecule has 2 aliphatic heterocycles. The van der Waals surface area contributed by atoms with E-state index in [2.05, 4.69) is 36.1 Å². The number of hydrogen-bond acceptors (Lipinski definition) is 4. The van der Waals surface area contributed by atoms with Gasteiger partial charge in [0.15, 0.2) is 0 Å². The van der Waals surface area contributed by atoms with Crippen LogP contribution in [0.4, 0.5) is 0 Å². The molecular weight excluding hydrogens is 282 g/mol. The van der Waals surface area contributed by atoms with Crippen molar-refractivity contribution in [3.63, 3.8) is 0 Å². The van der Waals surface area contributed by atoms with Crippen molar-refractivity contribution < 1.29 is 9.47 Å². The topological polar surface area (TPSA) is 30.5 Å². The molecule has 116 valence electrons. The maximum Gasteiger partial charge on any atom is 0.124 e. The van der Waals surface area contributed by atoms with Gasteiger partial charge in [0.25, 0.3) is 0 Å². The Bertz CT molecular complexity index is 486. The minimum absolute atomic E-state index is 0.285. The van der Waals surface area contributed by atoms with Crippen molar-refractivity contribution in [1.82, 2.24) is 5.32 Å². The zero-order chi connectivity index (χ0) is 14.7. The highest BCUT2D eigenvalue weighted by molar-refractivity contribution is 7.99. The van der Waals surface area contributed by atoms with E-state index in [4.69, 9.17) is 9.47 Å². The van der Waals surface area contributed by atoms with Crippen LogP contribution in [0.5, 0.6) is 11.5 Å². The van der Waals surface area contributed by atoms with Crippen LogP contribution < -0.4 is 14.8 Å². The van der Waals surface area contributed by atoms with Crippen molar-refractivity contribution >= 4 is 11.8 Å². The van der Waals surface area contributed by atoms with Crippen LogP contribution in [0, 0.1) is 5.92 Å². The molecule has 0 saturated carbocycles. The quantitative estimate of drug-likeness (QED) is 0.874. The van der Waals surface area contributed by atoms with Crippen molar-refractivity contribution in [2.45, 2.75) is 39.3 Å². The van der Waals surface area contributed by atoms with E-state index < -0.39 is 0 Å². The van der Waals surface area contributed by atoms with Gasteiger partial charge in [-0.05, 0) is 56.4 Å². The molecule has 2 unspecified atom stereocenters. The molecule has 1 fully saturated rings. The summed E-state index contributed by atoms with van der Waals surface area (Å²) in [4.78, 5) is 0. The van der Waals surface area contributed by atoms with Crippen LogP contribution in [-0.4, -0.2) is 30.8 Å². The number of rotatable bonds is 6. The summed E-state index contributed by atoms with van der Waals surface area (Å²) >= 11 is 2.07. The van der Waals surface area contributed by atoms with Crippen molar-refractivity contribution in [2.24, 2.45) is 5.92 Å². The lowest BCUT2D eigenvalue weighted by Crippen LogP contribution is -2.22. The van der Waals surface area contributed by atoms with Crippen molar-refractivity contribution in [2.75, 3.05) is 24.7 Å². The summed E-state index contributed by atoms with van der Waals surface area (Å²) in [5.74, 6) is 5.51. The average molecular weight is 307 g/mol. The summed E-state index contributed by atoms with van der Waals surface area (Å²) in [5.41, 5.74) is 2.50. The molecule has 1 aromatic carbocycles. The third-order valence-corrected chi connectivity index (χ3v) is 5.38. The zero-order valence-electron chi connectivity index (χ0n) is 13.0. The van der Waals surface area contributed by atoms with E-state index >= 15 is 0 Å². The van der Waals surface area contributed by atoms with E-state index in [1.165, 1.54) is 29.1 Å². The number of fused-ring (bicyclic) bond motifs is 1. The summed E-state index contributed by atoms with van der Waals surface area (Å²) in [5, 5.41) is 3.60. The van der Waals surface area contributed by atoms with E-state index in [9.17, 15) is 0 Å². The lowest BCUT2D eigenvalue weighted by Gasteiger charge is -2.15. The first-order valence-corrected chi connectivity index (χ1v) is 9.15. The van der Waals surface area contributed by atoms with E-state index in [1.807, 2.05) is 6.92 Å². The van der Waals surface area contributed by atoms with Gasteiger partial charge in [0.05, 0.1) is 6.61 Å². The highest BCUT2D eigenvalue weighted by Crippen LogP contribution is 2.35. The third kappa shape index (κ3) is 3.67. The molecule has 21 heavy (non-hydrogen) atoms. The van der Waals surface area contributed by atoms with Gasteiger partial charge < -0.3 is 14.8 Å². The van der Waals surface area contributed by atoms with Crippen molar-refractivity contribution in [3.05, 3.63) is 23.3 Å². The maximum absolute atomic E-state index is 5.87. The zero-order valence-corrected chi connectivity index (χ0v) is 13.8. The van der Waals surface area contributed by atoms with Crippen molar-refractivity contribution in [1.29, 1.82) is 0 Å². The lowest BCUT2D eigenvalue weighted by molar-refractivity contribution is 0.254. The van der Waals surface area contributed by atoms with Crippen molar-refractivity contribution in [3.8, 4) is 11.5 Å². The molecule has 0 radical (unpaired) electrons. The predicted molar refractivity (Wildman–Crippen MR) is 88.5 cm³/mol. The Morgan fingerprint density at radius 2 is 2.33 bits per heavy atom. The Balaban J connectivity index is 1.66. The molecule has 2 atom stereocenters. The first-order chi connectivity index (χ1) is 10.3. The van der Waals surface area contributed by atoms with Crippen LogP contribution in [0.25, 0.3) is 0 Å². The number of thioether (sulfide) groups is 1. The van der Waals surface area contributed by atoms with Gasteiger partial charge in [0.1, 0.15) is 17.6 Å². The Labute approximate surface area is 131 Å². The summed E-state index contributed by atoms with van der Waals surface area (Å²) in [6, 6.07) is 4.34. The second-order valence-corrected chi connectivity index (χ2v) is 7.14. The van der Waals surface area contributed by atoms with Gasteiger partial charge in [-0.25, -0.2) is 0 Å². The molecule has 2 heterocycles. The summed E-state index contributed by atoms with van der Waals surface area (Å²) in [7, 11) is 0. The molecular formula is C17H25NO2S. The Kier molecular flexibility index (Phi) is 4.96. The number of ether oxygens (including phenoxy) is 2. The third-order valence-electron chi connectivity index (χ3n) is 4.15. The molecule has 0 spiro atoms. The van der Waals surface area contributed by atoms with Gasteiger partial charge >= 0.3 is 0 Å². The molecule has 0 aromatic heterocycles. The van der Waals surface area contributed by atoms with Crippen LogP contribution >= 0.6 is 11.8 Å². The monoisotopic (exact) mass is 307 g/mol. The highest BCUT2D eigenvalue weighted by atomic mass is 32.2. The number of benzene rings is 1. The van der Waals surface area contributed by atoms with Gasteiger partial charge in [-0.1, -0.05) is 0 Å². The fraction of sp³-hybridized carbons (Fsp3) is 0.647. The van der Waals surface area contributed by atoms with Crippen LogP contribution in [-0.2, 0) is 13.0 Å². The molecule has 3 rings (SSSR count). The minimum atomic E-state index is 0.285. The molecule has 0 aliphatic carbocycles. The van der Waals surface area contributed by atoms with Crippen LogP contribution in [0.2, 0.25) is 0 Å². The lowest BCUT2D eigenvalue weighted by atomic mass is 10.1. The average Bonchev–Trinajstić information content (AvgIpc) is 3.07. The Morgan fingerprint density at radius 1 is 1.43 bits per heavy atom. The Hall–Kier alpha value is -0.870. The molecule has 3 nitrogen and oxygen atoms in total.